The van der Waals surface area contributed by atoms with Crippen LogP contribution in [-0.2, 0) is 9.59 Å². The third kappa shape index (κ3) is 3.18. The molecule has 0 bridgehead atoms. The van der Waals surface area contributed by atoms with Crippen LogP contribution in [0.25, 0.3) is 6.08 Å². The molecule has 1 aromatic rings. The number of ether oxygens (including phenoxy) is 1. The Morgan fingerprint density at radius 1 is 1.50 bits per heavy atom. The summed E-state index contributed by atoms with van der Waals surface area (Å²) in [6, 6.07) is 4.78. The fourth-order valence-corrected chi connectivity index (χ4v) is 2.42. The number of methoxy groups -OCH3 is 1. The smallest absolute Gasteiger partial charge is 0.286 e. The van der Waals surface area contributed by atoms with E-state index in [9.17, 15) is 14.7 Å². The number of aromatic hydroxyl groups is 1. The van der Waals surface area contributed by atoms with Crippen molar-refractivity contribution in [1.29, 1.82) is 0 Å². The number of carbonyl (C=O) groups excluding carboxylic acids is 2. The summed E-state index contributed by atoms with van der Waals surface area (Å²) in [5.41, 5.74) is 0.637. The third-order valence-electron chi connectivity index (χ3n) is 2.40. The van der Waals surface area contributed by atoms with Gasteiger partial charge in [-0.2, -0.15) is 4.99 Å². The first-order valence-electron chi connectivity index (χ1n) is 5.67. The van der Waals surface area contributed by atoms with Crippen LogP contribution in [0.15, 0.2) is 28.1 Å². The average Bonchev–Trinajstić information content (AvgIpc) is 2.69. The van der Waals surface area contributed by atoms with Gasteiger partial charge in [0.1, 0.15) is 0 Å². The molecule has 1 aliphatic heterocycles. The zero-order chi connectivity index (χ0) is 14.7. The van der Waals surface area contributed by atoms with E-state index in [0.29, 0.717) is 16.2 Å². The number of thioether (sulfide) groups is 1. The Morgan fingerprint density at radius 2 is 2.25 bits per heavy atom. The van der Waals surface area contributed by atoms with Gasteiger partial charge >= 0.3 is 0 Å². The summed E-state index contributed by atoms with van der Waals surface area (Å²) < 4.78 is 4.94. The molecule has 1 heterocycles. The number of aliphatic imine (C=N–C) groups is 1. The Labute approximate surface area is 119 Å². The van der Waals surface area contributed by atoms with Gasteiger partial charge in [0, 0.05) is 6.92 Å². The standard InChI is InChI=1S/C13H12N2O4S/c1-7(16)14-13-15-12(18)11(20-13)6-8-3-4-10(19-2)9(17)5-8/h3-6,17H,1-2H3,(H,14,15,16,18)/b11-6-. The number of nitrogens with zero attached hydrogens (tertiary/aromatic N) is 1. The van der Waals surface area contributed by atoms with Crippen LogP contribution in [0.4, 0.5) is 0 Å². The Hall–Kier alpha value is -2.28. The second kappa shape index (κ2) is 5.79. The van der Waals surface area contributed by atoms with Crippen molar-refractivity contribution in [3.05, 3.63) is 28.7 Å². The number of hydrogen-bond donors (Lipinski definition) is 2. The minimum atomic E-state index is -0.422. The molecule has 2 N–H and O–H groups in total. The highest BCUT2D eigenvalue weighted by Gasteiger charge is 2.22. The number of nitrogens with one attached hydrogen (secondary N) is 1. The van der Waals surface area contributed by atoms with Gasteiger partial charge < -0.3 is 15.2 Å². The molecule has 6 nitrogen and oxygen atoms in total. The number of rotatable bonds is 2. The van der Waals surface area contributed by atoms with Crippen LogP contribution < -0.4 is 10.1 Å². The number of benzene rings is 1. The van der Waals surface area contributed by atoms with Gasteiger partial charge in [-0.1, -0.05) is 6.07 Å². The molecule has 104 valence electrons. The summed E-state index contributed by atoms with van der Waals surface area (Å²) >= 11 is 1.07. The van der Waals surface area contributed by atoms with Crippen molar-refractivity contribution >= 4 is 34.8 Å². The highest BCUT2D eigenvalue weighted by molar-refractivity contribution is 8.18. The molecule has 0 unspecified atom stereocenters. The summed E-state index contributed by atoms with van der Waals surface area (Å²) in [7, 11) is 1.46. The summed E-state index contributed by atoms with van der Waals surface area (Å²) in [5, 5.41) is 12.4. The predicted octanol–water partition coefficient (Wildman–Crippen LogP) is 1.51. The molecular weight excluding hydrogens is 280 g/mol. The van der Waals surface area contributed by atoms with Gasteiger partial charge in [-0.05, 0) is 35.5 Å². The van der Waals surface area contributed by atoms with Crippen molar-refractivity contribution in [2.24, 2.45) is 4.99 Å². The van der Waals surface area contributed by atoms with Gasteiger partial charge in [-0.3, -0.25) is 9.59 Å². The van der Waals surface area contributed by atoms with Gasteiger partial charge in [0.15, 0.2) is 16.7 Å². The van der Waals surface area contributed by atoms with Crippen LogP contribution in [0.3, 0.4) is 0 Å². The first-order valence-corrected chi connectivity index (χ1v) is 6.48. The van der Waals surface area contributed by atoms with Crippen LogP contribution in [-0.4, -0.2) is 29.2 Å². The van der Waals surface area contributed by atoms with Gasteiger partial charge in [-0.15, -0.1) is 0 Å². The largest absolute Gasteiger partial charge is 0.504 e. The minimum Gasteiger partial charge on any atom is -0.504 e. The molecule has 0 fully saturated rings. The molecule has 2 amide bonds. The van der Waals surface area contributed by atoms with E-state index in [-0.39, 0.29) is 16.8 Å². The maximum atomic E-state index is 11.7. The van der Waals surface area contributed by atoms with E-state index >= 15 is 0 Å². The van der Waals surface area contributed by atoms with Gasteiger partial charge in [-0.25, -0.2) is 0 Å². The number of amidine groups is 1. The normalized spacial score (nSPS) is 16.2. The topological polar surface area (TPSA) is 88.0 Å². The molecule has 2 rings (SSSR count). The van der Waals surface area contributed by atoms with E-state index in [2.05, 4.69) is 10.3 Å². The van der Waals surface area contributed by atoms with Crippen molar-refractivity contribution in [3.63, 3.8) is 0 Å². The third-order valence-corrected chi connectivity index (χ3v) is 3.30. The summed E-state index contributed by atoms with van der Waals surface area (Å²) in [4.78, 5) is 26.7. The number of phenols is 1. The van der Waals surface area contributed by atoms with Crippen LogP contribution >= 0.6 is 11.8 Å². The second-order valence-electron chi connectivity index (χ2n) is 3.95. The first kappa shape index (κ1) is 14.1. The Balaban J connectivity index is 2.19. The Kier molecular flexibility index (Phi) is 4.09. The SMILES string of the molecule is COc1ccc(/C=C2\SC(NC(C)=O)=NC2=O)cc1O. The molecule has 20 heavy (non-hydrogen) atoms. The summed E-state index contributed by atoms with van der Waals surface area (Å²) in [6.45, 7) is 1.34. The lowest BCUT2D eigenvalue weighted by Gasteiger charge is -2.03. The lowest BCUT2D eigenvalue weighted by molar-refractivity contribution is -0.117. The fraction of sp³-hybridized carbons (Fsp3) is 0.154. The molecular formula is C13H12N2O4S. The van der Waals surface area contributed by atoms with E-state index in [1.807, 2.05) is 0 Å². The van der Waals surface area contributed by atoms with Crippen LogP contribution in [0.5, 0.6) is 11.5 Å². The number of phenolic OH excluding ortho intramolecular Hbond substituents is 1. The van der Waals surface area contributed by atoms with Crippen LogP contribution in [0.2, 0.25) is 0 Å². The summed E-state index contributed by atoms with van der Waals surface area (Å²) in [6.07, 6.45) is 1.59. The van der Waals surface area contributed by atoms with Crippen molar-refractivity contribution in [2.75, 3.05) is 7.11 Å². The summed E-state index contributed by atoms with van der Waals surface area (Å²) in [5.74, 6) is -0.366. The molecule has 0 saturated carbocycles. The zero-order valence-electron chi connectivity index (χ0n) is 10.8. The monoisotopic (exact) mass is 292 g/mol. The maximum absolute atomic E-state index is 11.7. The van der Waals surface area contributed by atoms with Gasteiger partial charge in [0.25, 0.3) is 5.91 Å². The fourth-order valence-electron chi connectivity index (χ4n) is 1.56. The van der Waals surface area contributed by atoms with E-state index < -0.39 is 5.91 Å². The van der Waals surface area contributed by atoms with Crippen LogP contribution in [0, 0.1) is 0 Å². The molecule has 0 spiro atoms. The quantitative estimate of drug-likeness (QED) is 0.807. The number of carbonyl (C=O) groups is 2. The maximum Gasteiger partial charge on any atom is 0.286 e. The zero-order valence-corrected chi connectivity index (χ0v) is 11.7. The van der Waals surface area contributed by atoms with Crippen molar-refractivity contribution in [2.45, 2.75) is 6.92 Å². The van der Waals surface area contributed by atoms with Gasteiger partial charge in [0.2, 0.25) is 5.91 Å². The predicted molar refractivity (Wildman–Crippen MR) is 76.5 cm³/mol. The molecule has 1 aliphatic rings. The Morgan fingerprint density at radius 3 is 2.85 bits per heavy atom. The van der Waals surface area contributed by atoms with Crippen LogP contribution in [0.1, 0.15) is 12.5 Å². The van der Waals surface area contributed by atoms with Crippen molar-refractivity contribution < 1.29 is 19.4 Å². The number of amides is 2. The first-order chi connectivity index (χ1) is 9.49. The molecule has 0 atom stereocenters. The second-order valence-corrected chi connectivity index (χ2v) is 4.98. The average molecular weight is 292 g/mol. The van der Waals surface area contributed by atoms with Gasteiger partial charge in [0.05, 0.1) is 12.0 Å². The molecule has 0 radical (unpaired) electrons. The molecule has 1 aromatic carbocycles. The van der Waals surface area contributed by atoms with E-state index in [1.165, 1.54) is 20.1 Å². The molecule has 0 aromatic heterocycles. The number of hydrogen-bond acceptors (Lipinski definition) is 5. The van der Waals surface area contributed by atoms with Crippen molar-refractivity contribution in [3.8, 4) is 11.5 Å². The molecule has 0 saturated heterocycles. The highest BCUT2D eigenvalue weighted by atomic mass is 32.2. The van der Waals surface area contributed by atoms with E-state index in [0.717, 1.165) is 11.8 Å². The lowest BCUT2D eigenvalue weighted by Crippen LogP contribution is -2.23. The molecule has 7 heteroatoms. The van der Waals surface area contributed by atoms with Crippen molar-refractivity contribution in [1.82, 2.24) is 5.32 Å². The minimum absolute atomic E-state index is 0.0136. The Bertz CT molecular complexity index is 637. The van der Waals surface area contributed by atoms with E-state index in [1.54, 1.807) is 18.2 Å². The molecule has 0 aliphatic carbocycles. The van der Waals surface area contributed by atoms with E-state index in [4.69, 9.17) is 4.74 Å². The lowest BCUT2D eigenvalue weighted by atomic mass is 10.2. The highest BCUT2D eigenvalue weighted by Crippen LogP contribution is 2.31.